The Bertz CT molecular complexity index is 510. The molecule has 1 atom stereocenters. The zero-order valence-electron chi connectivity index (χ0n) is 12.0. The van der Waals surface area contributed by atoms with E-state index in [4.69, 9.17) is 5.73 Å². The molecule has 1 fully saturated rings. The Kier molecular flexibility index (Phi) is 6.58. The third kappa shape index (κ3) is 4.68. The largest absolute Gasteiger partial charge is 0.348 e. The number of halogens is 1. The first-order valence-corrected chi connectivity index (χ1v) is 6.84. The average Bonchev–Trinajstić information content (AvgIpc) is 2.84. The van der Waals surface area contributed by atoms with Crippen molar-refractivity contribution in [2.75, 3.05) is 13.1 Å². The van der Waals surface area contributed by atoms with Crippen LogP contribution >= 0.6 is 12.4 Å². The number of hydrogen-bond acceptors (Lipinski definition) is 4. The van der Waals surface area contributed by atoms with Crippen LogP contribution in [0, 0.1) is 0 Å². The smallest absolute Gasteiger partial charge is 0.251 e. The van der Waals surface area contributed by atoms with E-state index in [-0.39, 0.29) is 30.3 Å². The molecule has 3 N–H and O–H groups in total. The average molecular weight is 313 g/mol. The van der Waals surface area contributed by atoms with Gasteiger partial charge in [0.2, 0.25) is 5.91 Å². The third-order valence-electron chi connectivity index (χ3n) is 3.33. The van der Waals surface area contributed by atoms with Crippen molar-refractivity contribution in [1.82, 2.24) is 15.2 Å². The van der Waals surface area contributed by atoms with Crippen molar-refractivity contribution in [2.24, 2.45) is 5.73 Å². The Morgan fingerprint density at radius 1 is 1.57 bits per heavy atom. The molecule has 0 radical (unpaired) electrons. The summed E-state index contributed by atoms with van der Waals surface area (Å²) < 4.78 is 0. The van der Waals surface area contributed by atoms with Gasteiger partial charge in [0, 0.05) is 43.9 Å². The van der Waals surface area contributed by atoms with E-state index < -0.39 is 0 Å². The standard InChI is InChI=1S/C14H20N4O2.ClH/c1-10(9-18-6-2-3-13(18)19)17-14(20)11-4-5-16-12(7-11)8-15;/h4-5,7,10H,2-3,6,8-9,15H2,1H3,(H,17,20);1H. The van der Waals surface area contributed by atoms with Crippen molar-refractivity contribution in [2.45, 2.75) is 32.4 Å². The molecule has 6 nitrogen and oxygen atoms in total. The Balaban J connectivity index is 0.00000220. The fourth-order valence-corrected chi connectivity index (χ4v) is 2.31. The summed E-state index contributed by atoms with van der Waals surface area (Å²) in [4.78, 5) is 29.5. The predicted molar refractivity (Wildman–Crippen MR) is 82.1 cm³/mol. The molecule has 1 aliphatic heterocycles. The first-order valence-electron chi connectivity index (χ1n) is 6.84. The fourth-order valence-electron chi connectivity index (χ4n) is 2.31. The molecule has 2 rings (SSSR count). The molecular weight excluding hydrogens is 292 g/mol. The van der Waals surface area contributed by atoms with Crippen molar-refractivity contribution in [3.8, 4) is 0 Å². The van der Waals surface area contributed by atoms with Crippen molar-refractivity contribution >= 4 is 24.2 Å². The second kappa shape index (κ2) is 7.95. The number of aromatic nitrogens is 1. The Labute approximate surface area is 130 Å². The van der Waals surface area contributed by atoms with E-state index in [0.29, 0.717) is 30.8 Å². The van der Waals surface area contributed by atoms with Crippen LogP contribution in [0.4, 0.5) is 0 Å². The van der Waals surface area contributed by atoms with Gasteiger partial charge in [-0.1, -0.05) is 0 Å². The van der Waals surface area contributed by atoms with Crippen LogP contribution in [0.5, 0.6) is 0 Å². The lowest BCUT2D eigenvalue weighted by Crippen LogP contribution is -2.42. The lowest BCUT2D eigenvalue weighted by atomic mass is 10.2. The summed E-state index contributed by atoms with van der Waals surface area (Å²) >= 11 is 0. The minimum atomic E-state index is -0.166. The molecule has 2 heterocycles. The number of nitrogens with one attached hydrogen (secondary N) is 1. The van der Waals surface area contributed by atoms with E-state index in [0.717, 1.165) is 13.0 Å². The molecule has 1 unspecified atom stereocenters. The van der Waals surface area contributed by atoms with Crippen LogP contribution in [0.25, 0.3) is 0 Å². The van der Waals surface area contributed by atoms with Crippen molar-refractivity contribution in [3.05, 3.63) is 29.6 Å². The maximum atomic E-state index is 12.1. The number of amides is 2. The molecule has 0 spiro atoms. The normalized spacial score (nSPS) is 15.5. The van der Waals surface area contributed by atoms with Crippen molar-refractivity contribution in [3.63, 3.8) is 0 Å². The highest BCUT2D eigenvalue weighted by Gasteiger charge is 2.22. The van der Waals surface area contributed by atoms with Gasteiger partial charge >= 0.3 is 0 Å². The molecule has 1 aliphatic rings. The molecule has 2 amide bonds. The van der Waals surface area contributed by atoms with Crippen LogP contribution in [0.3, 0.4) is 0 Å². The number of rotatable bonds is 5. The van der Waals surface area contributed by atoms with Crippen LogP contribution in [0.2, 0.25) is 0 Å². The topological polar surface area (TPSA) is 88.3 Å². The summed E-state index contributed by atoms with van der Waals surface area (Å²) in [5.74, 6) is 0.00155. The minimum absolute atomic E-state index is 0. The number of carbonyl (C=O) groups is 2. The molecule has 7 heteroatoms. The van der Waals surface area contributed by atoms with E-state index in [9.17, 15) is 9.59 Å². The van der Waals surface area contributed by atoms with Gasteiger partial charge in [-0.2, -0.15) is 0 Å². The Hall–Kier alpha value is -1.66. The van der Waals surface area contributed by atoms with Gasteiger partial charge in [-0.05, 0) is 25.5 Å². The van der Waals surface area contributed by atoms with Gasteiger partial charge in [-0.3, -0.25) is 14.6 Å². The highest BCUT2D eigenvalue weighted by molar-refractivity contribution is 5.94. The highest BCUT2D eigenvalue weighted by Crippen LogP contribution is 2.10. The van der Waals surface area contributed by atoms with Crippen LogP contribution in [-0.2, 0) is 11.3 Å². The zero-order valence-corrected chi connectivity index (χ0v) is 12.9. The maximum absolute atomic E-state index is 12.1. The van der Waals surface area contributed by atoms with Gasteiger partial charge in [0.25, 0.3) is 5.91 Å². The van der Waals surface area contributed by atoms with Gasteiger partial charge in [-0.25, -0.2) is 0 Å². The SMILES string of the molecule is CC(CN1CCCC1=O)NC(=O)c1ccnc(CN)c1.Cl. The van der Waals surface area contributed by atoms with Crippen LogP contribution in [0.1, 0.15) is 35.8 Å². The summed E-state index contributed by atoms with van der Waals surface area (Å²) in [5, 5.41) is 2.89. The second-order valence-corrected chi connectivity index (χ2v) is 5.06. The number of likely N-dealkylation sites (tertiary alicyclic amines) is 1. The van der Waals surface area contributed by atoms with Crippen LogP contribution < -0.4 is 11.1 Å². The van der Waals surface area contributed by atoms with Crippen molar-refractivity contribution in [1.29, 1.82) is 0 Å². The van der Waals surface area contributed by atoms with Gasteiger partial charge < -0.3 is 16.0 Å². The van der Waals surface area contributed by atoms with E-state index in [1.54, 1.807) is 23.2 Å². The lowest BCUT2D eigenvalue weighted by molar-refractivity contribution is -0.127. The molecular formula is C14H21ClN4O2. The van der Waals surface area contributed by atoms with E-state index in [1.807, 2.05) is 6.92 Å². The Morgan fingerprint density at radius 2 is 2.33 bits per heavy atom. The minimum Gasteiger partial charge on any atom is -0.348 e. The molecule has 0 aromatic carbocycles. The Morgan fingerprint density at radius 3 is 2.95 bits per heavy atom. The van der Waals surface area contributed by atoms with E-state index in [2.05, 4.69) is 10.3 Å². The number of pyridine rings is 1. The summed E-state index contributed by atoms with van der Waals surface area (Å²) in [5.41, 5.74) is 6.73. The molecule has 0 bridgehead atoms. The van der Waals surface area contributed by atoms with Crippen LogP contribution in [-0.4, -0.2) is 40.8 Å². The first kappa shape index (κ1) is 17.4. The maximum Gasteiger partial charge on any atom is 0.251 e. The number of hydrogen-bond donors (Lipinski definition) is 2. The highest BCUT2D eigenvalue weighted by atomic mass is 35.5. The molecule has 1 aromatic heterocycles. The molecule has 0 aliphatic carbocycles. The summed E-state index contributed by atoms with van der Waals surface area (Å²) in [6, 6.07) is 3.25. The lowest BCUT2D eigenvalue weighted by Gasteiger charge is -2.21. The molecule has 21 heavy (non-hydrogen) atoms. The summed E-state index contributed by atoms with van der Waals surface area (Å²) in [7, 11) is 0. The van der Waals surface area contributed by atoms with Gasteiger partial charge in [-0.15, -0.1) is 12.4 Å². The number of nitrogens with two attached hydrogens (primary N) is 1. The molecule has 1 saturated heterocycles. The summed E-state index contributed by atoms with van der Waals surface area (Å²) in [6.45, 7) is 3.54. The third-order valence-corrected chi connectivity index (χ3v) is 3.33. The number of nitrogens with zero attached hydrogens (tertiary/aromatic N) is 2. The van der Waals surface area contributed by atoms with Gasteiger partial charge in [0.05, 0.1) is 5.69 Å². The summed E-state index contributed by atoms with van der Waals surface area (Å²) in [6.07, 6.45) is 3.10. The van der Waals surface area contributed by atoms with E-state index >= 15 is 0 Å². The quantitative estimate of drug-likeness (QED) is 0.838. The number of carbonyl (C=O) groups excluding carboxylic acids is 2. The van der Waals surface area contributed by atoms with Gasteiger partial charge in [0.15, 0.2) is 0 Å². The van der Waals surface area contributed by atoms with E-state index in [1.165, 1.54) is 0 Å². The fraction of sp³-hybridized carbons (Fsp3) is 0.500. The second-order valence-electron chi connectivity index (χ2n) is 5.06. The molecule has 0 saturated carbocycles. The first-order chi connectivity index (χ1) is 9.60. The van der Waals surface area contributed by atoms with Crippen LogP contribution in [0.15, 0.2) is 18.3 Å². The van der Waals surface area contributed by atoms with Crippen molar-refractivity contribution < 1.29 is 9.59 Å². The molecule has 1 aromatic rings. The zero-order chi connectivity index (χ0) is 14.5. The van der Waals surface area contributed by atoms with Gasteiger partial charge in [0.1, 0.15) is 0 Å². The monoisotopic (exact) mass is 312 g/mol. The predicted octanol–water partition coefficient (Wildman–Crippen LogP) is 0.703. The molecule has 116 valence electrons.